The van der Waals surface area contributed by atoms with Gasteiger partial charge in [-0.1, -0.05) is 51.8 Å². The molecule has 0 radical (unpaired) electrons. The van der Waals surface area contributed by atoms with Crippen molar-refractivity contribution in [1.29, 1.82) is 0 Å². The van der Waals surface area contributed by atoms with Crippen molar-refractivity contribution in [3.63, 3.8) is 0 Å². The topological polar surface area (TPSA) is 65.3 Å². The van der Waals surface area contributed by atoms with Crippen molar-refractivity contribution in [3.05, 3.63) is 57.6 Å². The molecule has 5 heteroatoms. The lowest BCUT2D eigenvalue weighted by Crippen LogP contribution is -2.37. The van der Waals surface area contributed by atoms with Crippen LogP contribution in [0.4, 0.5) is 5.69 Å². The van der Waals surface area contributed by atoms with Crippen molar-refractivity contribution in [2.24, 2.45) is 0 Å². The highest BCUT2D eigenvalue weighted by Gasteiger charge is 2.25. The lowest BCUT2D eigenvalue weighted by Gasteiger charge is -2.18. The molecule has 1 N–H and O–H groups in total. The SMILES string of the molecule is CCCCCOc1cc(C)[n+]([O-])c(C)c1C(=O)Nc1c(CC)cccc1CC. The second kappa shape index (κ2) is 10.1. The Hall–Kier alpha value is -2.56. The van der Waals surface area contributed by atoms with Crippen molar-refractivity contribution >= 4 is 11.6 Å². The lowest BCUT2D eigenvalue weighted by atomic mass is 10.0. The second-order valence-corrected chi connectivity index (χ2v) is 7.07. The highest BCUT2D eigenvalue weighted by molar-refractivity contribution is 6.07. The number of anilines is 1. The van der Waals surface area contributed by atoms with Crippen LogP contribution in [0.2, 0.25) is 0 Å². The van der Waals surface area contributed by atoms with Crippen molar-refractivity contribution < 1.29 is 14.3 Å². The van der Waals surface area contributed by atoms with E-state index in [0.717, 1.165) is 53.6 Å². The molecule has 0 aliphatic carbocycles. The summed E-state index contributed by atoms with van der Waals surface area (Å²) in [4.78, 5) is 13.2. The van der Waals surface area contributed by atoms with Gasteiger partial charge in [-0.05, 0) is 30.4 Å². The molecule has 1 aromatic heterocycles. The fourth-order valence-electron chi connectivity index (χ4n) is 3.37. The van der Waals surface area contributed by atoms with Crippen molar-refractivity contribution in [2.75, 3.05) is 11.9 Å². The molecule has 0 fully saturated rings. The predicted molar refractivity (Wildman–Crippen MR) is 113 cm³/mol. The number of hydrogen-bond donors (Lipinski definition) is 1. The smallest absolute Gasteiger partial charge is 0.265 e. The van der Waals surface area contributed by atoms with Crippen LogP contribution in [0.25, 0.3) is 0 Å². The summed E-state index contributed by atoms with van der Waals surface area (Å²) >= 11 is 0. The van der Waals surface area contributed by atoms with Crippen molar-refractivity contribution in [1.82, 2.24) is 0 Å². The number of unbranched alkanes of at least 4 members (excludes halogenated alkanes) is 2. The molecule has 2 rings (SSSR count). The van der Waals surface area contributed by atoms with Crippen molar-refractivity contribution in [3.8, 4) is 5.75 Å². The van der Waals surface area contributed by atoms with E-state index in [1.165, 1.54) is 0 Å². The third kappa shape index (κ3) is 4.83. The van der Waals surface area contributed by atoms with Gasteiger partial charge in [0.25, 0.3) is 5.91 Å². The zero-order chi connectivity index (χ0) is 20.7. The number of nitrogens with one attached hydrogen (secondary N) is 1. The average molecular weight is 385 g/mol. The Morgan fingerprint density at radius 2 is 1.75 bits per heavy atom. The van der Waals surface area contributed by atoms with Crippen LogP contribution in [-0.2, 0) is 12.8 Å². The largest absolute Gasteiger partial charge is 0.618 e. The Labute approximate surface area is 168 Å². The molecule has 1 amide bonds. The normalized spacial score (nSPS) is 10.8. The van der Waals surface area contributed by atoms with E-state index in [4.69, 9.17) is 4.74 Å². The first-order valence-corrected chi connectivity index (χ1v) is 10.2. The van der Waals surface area contributed by atoms with Gasteiger partial charge < -0.3 is 15.3 Å². The summed E-state index contributed by atoms with van der Waals surface area (Å²) in [7, 11) is 0. The predicted octanol–water partition coefficient (Wildman–Crippen LogP) is 4.88. The summed E-state index contributed by atoms with van der Waals surface area (Å²) in [5.41, 5.74) is 4.19. The molecule has 0 bridgehead atoms. The minimum Gasteiger partial charge on any atom is -0.618 e. The summed E-state index contributed by atoms with van der Waals surface area (Å²) in [5.74, 6) is 0.172. The number of carbonyl (C=O) groups is 1. The van der Waals surface area contributed by atoms with Crippen molar-refractivity contribution in [2.45, 2.75) is 66.7 Å². The number of para-hydroxylation sites is 1. The molecule has 0 aliphatic rings. The molecule has 2 aromatic rings. The quantitative estimate of drug-likeness (QED) is 0.380. The summed E-state index contributed by atoms with van der Waals surface area (Å²) < 4.78 is 6.71. The number of nitrogens with zero attached hydrogens (tertiary/aromatic N) is 1. The molecule has 0 saturated carbocycles. The molecule has 0 saturated heterocycles. The van der Waals surface area contributed by atoms with Gasteiger partial charge in [0, 0.05) is 25.6 Å². The van der Waals surface area contributed by atoms with Crippen LogP contribution in [-0.4, -0.2) is 12.5 Å². The standard InChI is InChI=1S/C23H32N2O3/c1-6-9-10-14-28-20-15-16(4)25(27)17(5)21(20)23(26)24-22-18(7-2)12-11-13-19(22)8-3/h11-13,15H,6-10,14H2,1-5H3,(H,24,26). The van der Waals surface area contributed by atoms with Crippen LogP contribution in [0.5, 0.6) is 5.75 Å². The molecule has 0 spiro atoms. The van der Waals surface area contributed by atoms with E-state index in [0.29, 0.717) is 29.3 Å². The maximum atomic E-state index is 13.2. The highest BCUT2D eigenvalue weighted by Crippen LogP contribution is 2.27. The van der Waals surface area contributed by atoms with Gasteiger partial charge in [-0.15, -0.1) is 0 Å². The zero-order valence-electron chi connectivity index (χ0n) is 17.7. The monoisotopic (exact) mass is 384 g/mol. The maximum Gasteiger partial charge on any atom is 0.265 e. The van der Waals surface area contributed by atoms with Gasteiger partial charge >= 0.3 is 0 Å². The van der Waals surface area contributed by atoms with E-state index >= 15 is 0 Å². The Bertz CT molecular complexity index is 809. The first-order chi connectivity index (χ1) is 13.4. The number of aryl methyl sites for hydroxylation is 3. The number of rotatable bonds is 9. The van der Waals surface area contributed by atoms with Crippen LogP contribution in [0, 0.1) is 19.1 Å². The first-order valence-electron chi connectivity index (χ1n) is 10.2. The van der Waals surface area contributed by atoms with Gasteiger partial charge in [-0.3, -0.25) is 4.79 Å². The van der Waals surface area contributed by atoms with Gasteiger partial charge in [0.1, 0.15) is 11.3 Å². The first kappa shape index (κ1) is 21.7. The number of amides is 1. The number of benzene rings is 1. The molecular formula is C23H32N2O3. The molecule has 1 aromatic carbocycles. The number of hydrogen-bond acceptors (Lipinski definition) is 3. The van der Waals surface area contributed by atoms with E-state index in [2.05, 4.69) is 26.1 Å². The van der Waals surface area contributed by atoms with E-state index in [1.54, 1.807) is 19.9 Å². The third-order valence-corrected chi connectivity index (χ3v) is 5.04. The Kier molecular flexibility index (Phi) is 7.85. The second-order valence-electron chi connectivity index (χ2n) is 7.07. The van der Waals surface area contributed by atoms with Gasteiger partial charge in [-0.2, -0.15) is 4.73 Å². The summed E-state index contributed by atoms with van der Waals surface area (Å²) in [6.45, 7) is 10.2. The maximum absolute atomic E-state index is 13.2. The number of aromatic nitrogens is 1. The van der Waals surface area contributed by atoms with Crippen LogP contribution < -0.4 is 14.8 Å². The Morgan fingerprint density at radius 3 is 2.32 bits per heavy atom. The molecule has 5 nitrogen and oxygen atoms in total. The number of ether oxygens (including phenoxy) is 1. The molecule has 1 heterocycles. The van der Waals surface area contributed by atoms with Gasteiger partial charge in [0.05, 0.1) is 6.61 Å². The molecule has 0 atom stereocenters. The summed E-state index contributed by atoms with van der Waals surface area (Å²) in [5, 5.41) is 15.5. The van der Waals surface area contributed by atoms with E-state index in [-0.39, 0.29) is 5.91 Å². The molecular weight excluding hydrogens is 352 g/mol. The molecule has 0 unspecified atom stereocenters. The molecule has 28 heavy (non-hydrogen) atoms. The zero-order valence-corrected chi connectivity index (χ0v) is 17.7. The molecule has 0 aliphatic heterocycles. The fraction of sp³-hybridized carbons (Fsp3) is 0.478. The lowest BCUT2D eigenvalue weighted by molar-refractivity contribution is -0.619. The van der Waals surface area contributed by atoms with Crippen LogP contribution in [0.1, 0.15) is 72.9 Å². The number of pyridine rings is 1. The van der Waals surface area contributed by atoms with E-state index in [1.807, 2.05) is 18.2 Å². The van der Waals surface area contributed by atoms with Gasteiger partial charge in [-0.25, -0.2) is 0 Å². The summed E-state index contributed by atoms with van der Waals surface area (Å²) in [6.07, 6.45) is 4.71. The van der Waals surface area contributed by atoms with Gasteiger partial charge in [0.15, 0.2) is 5.69 Å². The van der Waals surface area contributed by atoms with Crippen LogP contribution >= 0.6 is 0 Å². The van der Waals surface area contributed by atoms with Crippen LogP contribution in [0.15, 0.2) is 24.3 Å². The highest BCUT2D eigenvalue weighted by atomic mass is 16.5. The van der Waals surface area contributed by atoms with E-state index < -0.39 is 0 Å². The Balaban J connectivity index is 2.40. The van der Waals surface area contributed by atoms with Gasteiger partial charge in [0.2, 0.25) is 5.69 Å². The van der Waals surface area contributed by atoms with Crippen LogP contribution in [0.3, 0.4) is 0 Å². The fourth-order valence-corrected chi connectivity index (χ4v) is 3.37. The third-order valence-electron chi connectivity index (χ3n) is 5.04. The van der Waals surface area contributed by atoms with E-state index in [9.17, 15) is 10.0 Å². The minimum absolute atomic E-state index is 0.303. The average Bonchev–Trinajstić information content (AvgIpc) is 2.69. The number of carbonyl (C=O) groups excluding carboxylic acids is 1. The minimum atomic E-state index is -0.303. The molecule has 152 valence electrons. The summed E-state index contributed by atoms with van der Waals surface area (Å²) in [6, 6.07) is 7.71. The Morgan fingerprint density at radius 1 is 1.11 bits per heavy atom.